The Balaban J connectivity index is 1.94. The molecular weight excluding hydrogens is 338 g/mol. The lowest BCUT2D eigenvalue weighted by Crippen LogP contribution is -2.40. The van der Waals surface area contributed by atoms with Gasteiger partial charge in [-0.05, 0) is 38.0 Å². The topological polar surface area (TPSA) is 75.6 Å². The van der Waals surface area contributed by atoms with Crippen LogP contribution in [0.3, 0.4) is 0 Å². The maximum Gasteiger partial charge on any atom is 0.342 e. The normalized spacial score (nSPS) is 16.5. The van der Waals surface area contributed by atoms with Crippen molar-refractivity contribution in [2.75, 3.05) is 0 Å². The van der Waals surface area contributed by atoms with E-state index >= 15 is 0 Å². The predicted octanol–water partition coefficient (Wildman–Crippen LogP) is 2.76. The number of amides is 1. The SMILES string of the molecule is C[C@@H](OC(=O)c1cc(Br)ccc1O)C(=O)NC1CCCC1. The number of rotatable bonds is 4. The van der Waals surface area contributed by atoms with Crippen LogP contribution in [0.1, 0.15) is 43.0 Å². The van der Waals surface area contributed by atoms with E-state index < -0.39 is 12.1 Å². The fourth-order valence-corrected chi connectivity index (χ4v) is 2.70. The zero-order valence-electron chi connectivity index (χ0n) is 11.8. The van der Waals surface area contributed by atoms with Gasteiger partial charge in [0, 0.05) is 10.5 Å². The molecule has 2 rings (SSSR count). The van der Waals surface area contributed by atoms with Crippen LogP contribution >= 0.6 is 15.9 Å². The summed E-state index contributed by atoms with van der Waals surface area (Å²) < 4.78 is 5.76. The van der Waals surface area contributed by atoms with Gasteiger partial charge in [-0.25, -0.2) is 4.79 Å². The summed E-state index contributed by atoms with van der Waals surface area (Å²) in [6.07, 6.45) is 3.28. The highest BCUT2D eigenvalue weighted by Gasteiger charge is 2.24. The smallest absolute Gasteiger partial charge is 0.342 e. The second-order valence-electron chi connectivity index (χ2n) is 5.20. The van der Waals surface area contributed by atoms with Gasteiger partial charge in [-0.2, -0.15) is 0 Å². The number of carbonyl (C=O) groups excluding carboxylic acids is 2. The average molecular weight is 356 g/mol. The zero-order chi connectivity index (χ0) is 15.4. The van der Waals surface area contributed by atoms with Gasteiger partial charge >= 0.3 is 5.97 Å². The average Bonchev–Trinajstić information content (AvgIpc) is 2.94. The number of nitrogens with one attached hydrogen (secondary N) is 1. The molecule has 0 aromatic heterocycles. The number of phenolic OH excluding ortho intramolecular Hbond substituents is 1. The van der Waals surface area contributed by atoms with Crippen LogP contribution in [0.15, 0.2) is 22.7 Å². The molecule has 1 aliphatic carbocycles. The zero-order valence-corrected chi connectivity index (χ0v) is 13.4. The molecule has 0 bridgehead atoms. The monoisotopic (exact) mass is 355 g/mol. The lowest BCUT2D eigenvalue weighted by molar-refractivity contribution is -0.129. The van der Waals surface area contributed by atoms with Crippen LogP contribution in [0.5, 0.6) is 5.75 Å². The first-order valence-corrected chi connectivity index (χ1v) is 7.76. The van der Waals surface area contributed by atoms with E-state index in [2.05, 4.69) is 21.2 Å². The Bertz CT molecular complexity index is 540. The van der Waals surface area contributed by atoms with Gasteiger partial charge in [0.2, 0.25) is 0 Å². The fourth-order valence-electron chi connectivity index (χ4n) is 2.34. The molecule has 0 spiro atoms. The number of carbonyl (C=O) groups is 2. The van der Waals surface area contributed by atoms with Crippen molar-refractivity contribution in [1.29, 1.82) is 0 Å². The van der Waals surface area contributed by atoms with Gasteiger partial charge in [0.25, 0.3) is 5.91 Å². The Morgan fingerprint density at radius 3 is 2.71 bits per heavy atom. The van der Waals surface area contributed by atoms with E-state index in [1.165, 1.54) is 19.1 Å². The van der Waals surface area contributed by atoms with E-state index in [1.54, 1.807) is 6.07 Å². The van der Waals surface area contributed by atoms with Crippen molar-refractivity contribution >= 4 is 27.8 Å². The number of benzene rings is 1. The molecule has 0 unspecified atom stereocenters. The highest BCUT2D eigenvalue weighted by Crippen LogP contribution is 2.23. The van der Waals surface area contributed by atoms with Crippen molar-refractivity contribution in [3.63, 3.8) is 0 Å². The summed E-state index contributed by atoms with van der Waals surface area (Å²) in [6.45, 7) is 1.53. The predicted molar refractivity (Wildman–Crippen MR) is 81.1 cm³/mol. The van der Waals surface area contributed by atoms with Gasteiger partial charge in [0.1, 0.15) is 11.3 Å². The molecule has 1 atom stereocenters. The van der Waals surface area contributed by atoms with E-state index in [1.807, 2.05) is 0 Å². The quantitative estimate of drug-likeness (QED) is 0.814. The van der Waals surface area contributed by atoms with E-state index in [0.717, 1.165) is 25.7 Å². The number of esters is 1. The third-order valence-corrected chi connectivity index (χ3v) is 4.03. The molecule has 2 N–H and O–H groups in total. The summed E-state index contributed by atoms with van der Waals surface area (Å²) in [4.78, 5) is 23.9. The molecule has 5 nitrogen and oxygen atoms in total. The largest absolute Gasteiger partial charge is 0.507 e. The molecule has 6 heteroatoms. The van der Waals surface area contributed by atoms with Crippen molar-refractivity contribution in [2.24, 2.45) is 0 Å². The summed E-state index contributed by atoms with van der Waals surface area (Å²) in [6, 6.07) is 4.64. The molecule has 1 fully saturated rings. The summed E-state index contributed by atoms with van der Waals surface area (Å²) in [5, 5.41) is 12.5. The second kappa shape index (κ2) is 6.93. The van der Waals surface area contributed by atoms with Crippen LogP contribution in [-0.4, -0.2) is 29.1 Å². The van der Waals surface area contributed by atoms with E-state index in [0.29, 0.717) is 4.47 Å². The number of halogens is 1. The minimum atomic E-state index is -0.892. The molecule has 21 heavy (non-hydrogen) atoms. The number of hydrogen-bond acceptors (Lipinski definition) is 4. The third-order valence-electron chi connectivity index (χ3n) is 3.53. The number of ether oxygens (including phenoxy) is 1. The maximum absolute atomic E-state index is 12.0. The van der Waals surface area contributed by atoms with Crippen molar-refractivity contribution in [3.8, 4) is 5.75 Å². The van der Waals surface area contributed by atoms with Crippen LogP contribution in [-0.2, 0) is 9.53 Å². The van der Waals surface area contributed by atoms with Crippen molar-refractivity contribution in [1.82, 2.24) is 5.32 Å². The first-order valence-electron chi connectivity index (χ1n) is 6.97. The van der Waals surface area contributed by atoms with Crippen LogP contribution in [0.4, 0.5) is 0 Å². The first kappa shape index (κ1) is 15.8. The second-order valence-corrected chi connectivity index (χ2v) is 6.11. The van der Waals surface area contributed by atoms with Gasteiger partial charge < -0.3 is 15.2 Å². The Kier molecular flexibility index (Phi) is 5.22. The first-order chi connectivity index (χ1) is 9.97. The lowest BCUT2D eigenvalue weighted by atomic mass is 10.2. The summed E-state index contributed by atoms with van der Waals surface area (Å²) >= 11 is 3.22. The van der Waals surface area contributed by atoms with Crippen LogP contribution in [0.25, 0.3) is 0 Å². The number of phenols is 1. The van der Waals surface area contributed by atoms with Crippen LogP contribution < -0.4 is 5.32 Å². The van der Waals surface area contributed by atoms with Crippen LogP contribution in [0.2, 0.25) is 0 Å². The third kappa shape index (κ3) is 4.20. The maximum atomic E-state index is 12.0. The molecule has 114 valence electrons. The number of hydrogen-bond donors (Lipinski definition) is 2. The molecule has 0 saturated heterocycles. The van der Waals surface area contributed by atoms with E-state index in [4.69, 9.17) is 4.74 Å². The van der Waals surface area contributed by atoms with Gasteiger partial charge in [-0.1, -0.05) is 28.8 Å². The van der Waals surface area contributed by atoms with Gasteiger partial charge in [0.15, 0.2) is 6.10 Å². The Morgan fingerprint density at radius 1 is 1.38 bits per heavy atom. The summed E-state index contributed by atoms with van der Waals surface area (Å²) in [7, 11) is 0. The standard InChI is InChI=1S/C15H18BrNO4/c1-9(14(19)17-11-4-2-3-5-11)21-15(20)12-8-10(16)6-7-13(12)18/h6-9,11,18H,2-5H2,1H3,(H,17,19)/t9-/m1/s1. The lowest BCUT2D eigenvalue weighted by Gasteiger charge is -2.17. The van der Waals surface area contributed by atoms with Gasteiger partial charge in [-0.15, -0.1) is 0 Å². The van der Waals surface area contributed by atoms with Gasteiger partial charge in [0.05, 0.1) is 0 Å². The molecule has 1 amide bonds. The molecular formula is C15H18BrNO4. The van der Waals surface area contributed by atoms with Crippen molar-refractivity contribution in [3.05, 3.63) is 28.2 Å². The molecule has 1 aliphatic rings. The molecule has 1 saturated carbocycles. The van der Waals surface area contributed by atoms with Gasteiger partial charge in [-0.3, -0.25) is 4.79 Å². The molecule has 0 aliphatic heterocycles. The minimum Gasteiger partial charge on any atom is -0.507 e. The fraction of sp³-hybridized carbons (Fsp3) is 0.467. The van der Waals surface area contributed by atoms with Crippen LogP contribution in [0, 0.1) is 0 Å². The Morgan fingerprint density at radius 2 is 2.05 bits per heavy atom. The molecule has 0 heterocycles. The molecule has 1 aromatic carbocycles. The van der Waals surface area contributed by atoms with E-state index in [9.17, 15) is 14.7 Å². The Labute approximate surface area is 131 Å². The molecule has 0 radical (unpaired) electrons. The summed E-state index contributed by atoms with van der Waals surface area (Å²) in [5.74, 6) is -1.20. The highest BCUT2D eigenvalue weighted by atomic mass is 79.9. The van der Waals surface area contributed by atoms with Crippen molar-refractivity contribution < 1.29 is 19.4 Å². The molecule has 1 aromatic rings. The van der Waals surface area contributed by atoms with Crippen molar-refractivity contribution in [2.45, 2.75) is 44.8 Å². The Hall–Kier alpha value is -1.56. The highest BCUT2D eigenvalue weighted by molar-refractivity contribution is 9.10. The minimum absolute atomic E-state index is 0.0323. The number of aromatic hydroxyl groups is 1. The van der Waals surface area contributed by atoms with E-state index in [-0.39, 0.29) is 23.3 Å². The summed E-state index contributed by atoms with van der Waals surface area (Å²) in [5.41, 5.74) is 0.0323.